The number of anilines is 2. The van der Waals surface area contributed by atoms with Gasteiger partial charge in [0.25, 0.3) is 5.91 Å². The number of aromatic hydroxyl groups is 1. The molecular formula is C33H31ClF2N6O4. The molecule has 13 heteroatoms. The van der Waals surface area contributed by atoms with Crippen molar-refractivity contribution in [3.8, 4) is 22.6 Å². The maximum absolute atomic E-state index is 17.1. The summed E-state index contributed by atoms with van der Waals surface area (Å²) < 4.78 is 33.8. The quantitative estimate of drug-likeness (QED) is 0.307. The fourth-order valence-electron chi connectivity index (χ4n) is 6.63. The predicted octanol–water partition coefficient (Wildman–Crippen LogP) is 5.08. The van der Waals surface area contributed by atoms with E-state index in [0.717, 1.165) is 17.0 Å². The number of hydrogen-bond donors (Lipinski definition) is 1. The number of aromatic nitrogens is 3. The molecule has 2 aliphatic rings. The first-order chi connectivity index (χ1) is 21.8. The highest BCUT2D eigenvalue weighted by Gasteiger charge is 2.46. The van der Waals surface area contributed by atoms with Crippen molar-refractivity contribution in [2.75, 3.05) is 29.9 Å². The van der Waals surface area contributed by atoms with Gasteiger partial charge in [0, 0.05) is 31.4 Å². The van der Waals surface area contributed by atoms with Gasteiger partial charge >= 0.3 is 5.69 Å². The second-order valence-electron chi connectivity index (χ2n) is 11.9. The molecule has 4 heterocycles. The van der Waals surface area contributed by atoms with Gasteiger partial charge in [-0.1, -0.05) is 38.1 Å². The summed E-state index contributed by atoms with van der Waals surface area (Å²) >= 11 is 7.08. The second kappa shape index (κ2) is 11.2. The smallest absolute Gasteiger partial charge is 0.354 e. The van der Waals surface area contributed by atoms with Crippen LogP contribution in [0.2, 0.25) is 5.02 Å². The number of halogens is 3. The molecule has 1 saturated heterocycles. The van der Waals surface area contributed by atoms with Crippen LogP contribution >= 0.6 is 11.6 Å². The second-order valence-corrected chi connectivity index (χ2v) is 12.3. The van der Waals surface area contributed by atoms with Crippen LogP contribution in [0.15, 0.2) is 47.9 Å². The van der Waals surface area contributed by atoms with Crippen LogP contribution in [0.3, 0.4) is 0 Å². The maximum Gasteiger partial charge on any atom is 0.354 e. The molecule has 238 valence electrons. The number of phenolic OH excluding ortho intramolecular Hbond substituents is 1. The Morgan fingerprint density at radius 1 is 1.15 bits per heavy atom. The predicted molar refractivity (Wildman–Crippen MR) is 172 cm³/mol. The van der Waals surface area contributed by atoms with E-state index in [4.69, 9.17) is 11.6 Å². The summed E-state index contributed by atoms with van der Waals surface area (Å²) in [4.78, 5) is 54.4. The number of pyridine rings is 1. The number of phenols is 1. The molecule has 10 nitrogen and oxygen atoms in total. The first-order valence-corrected chi connectivity index (χ1v) is 15.1. The molecule has 2 aliphatic heterocycles. The van der Waals surface area contributed by atoms with Crippen molar-refractivity contribution in [3.05, 3.63) is 81.5 Å². The van der Waals surface area contributed by atoms with Gasteiger partial charge in [-0.3, -0.25) is 19.1 Å². The van der Waals surface area contributed by atoms with E-state index in [0.29, 0.717) is 16.9 Å². The van der Waals surface area contributed by atoms with Gasteiger partial charge in [0.05, 0.1) is 45.1 Å². The largest absolute Gasteiger partial charge is 0.507 e. The van der Waals surface area contributed by atoms with Crippen molar-refractivity contribution in [2.24, 2.45) is 0 Å². The Labute approximate surface area is 268 Å². The summed E-state index contributed by atoms with van der Waals surface area (Å²) in [5, 5.41) is 10.5. The van der Waals surface area contributed by atoms with E-state index < -0.39 is 58.1 Å². The van der Waals surface area contributed by atoms with Crippen molar-refractivity contribution in [3.63, 3.8) is 0 Å². The van der Waals surface area contributed by atoms with E-state index in [2.05, 4.69) is 16.5 Å². The zero-order valence-electron chi connectivity index (χ0n) is 25.8. The minimum Gasteiger partial charge on any atom is -0.507 e. The van der Waals surface area contributed by atoms with Crippen molar-refractivity contribution in [2.45, 2.75) is 45.7 Å². The molecule has 1 N–H and O–H groups in total. The third kappa shape index (κ3) is 4.45. The summed E-state index contributed by atoms with van der Waals surface area (Å²) in [6, 6.07) is 3.57. The Bertz CT molecular complexity index is 2030. The summed E-state index contributed by atoms with van der Waals surface area (Å²) in [5.41, 5.74) is -0.700. The molecule has 2 unspecified atom stereocenters. The Balaban J connectivity index is 1.84. The van der Waals surface area contributed by atoms with Gasteiger partial charge in [-0.2, -0.15) is 4.98 Å². The van der Waals surface area contributed by atoms with E-state index in [-0.39, 0.29) is 46.4 Å². The van der Waals surface area contributed by atoms with Gasteiger partial charge in [-0.25, -0.2) is 13.6 Å². The lowest BCUT2D eigenvalue weighted by molar-refractivity contribution is -0.129. The van der Waals surface area contributed by atoms with Crippen LogP contribution in [0.4, 0.5) is 20.3 Å². The normalized spacial score (nSPS) is 17.8. The van der Waals surface area contributed by atoms with Crippen LogP contribution in [0.25, 0.3) is 27.7 Å². The molecule has 0 aliphatic carbocycles. The van der Waals surface area contributed by atoms with Crippen LogP contribution in [0.5, 0.6) is 5.75 Å². The number of nitrogens with zero attached hydrogens (tertiary/aromatic N) is 6. The number of carbonyl (C=O) groups excluding carboxylic acids is 2. The van der Waals surface area contributed by atoms with Gasteiger partial charge in [-0.15, -0.1) is 0 Å². The first-order valence-electron chi connectivity index (χ1n) is 14.7. The summed E-state index contributed by atoms with van der Waals surface area (Å²) in [6.07, 6.45) is 2.75. The van der Waals surface area contributed by atoms with Crippen molar-refractivity contribution in [1.82, 2.24) is 19.4 Å². The minimum atomic E-state index is -1.10. The van der Waals surface area contributed by atoms with Gasteiger partial charge < -0.3 is 19.8 Å². The number of carbonyl (C=O) groups is 2. The number of piperazine rings is 1. The number of likely N-dealkylation sites (N-methyl/N-ethyl adjacent to an activating group) is 1. The summed E-state index contributed by atoms with van der Waals surface area (Å²) in [6.45, 7) is 11.0. The van der Waals surface area contributed by atoms with E-state index in [1.807, 2.05) is 13.8 Å². The van der Waals surface area contributed by atoms with Crippen molar-refractivity contribution >= 4 is 45.8 Å². The van der Waals surface area contributed by atoms with Gasteiger partial charge in [-0.05, 0) is 49.6 Å². The van der Waals surface area contributed by atoms with Crippen molar-refractivity contribution < 1.29 is 23.5 Å². The lowest BCUT2D eigenvalue weighted by atomic mass is 9.98. The highest BCUT2D eigenvalue weighted by Crippen LogP contribution is 2.50. The first kappa shape index (κ1) is 31.2. The van der Waals surface area contributed by atoms with Gasteiger partial charge in [0.2, 0.25) is 5.91 Å². The Morgan fingerprint density at radius 2 is 1.87 bits per heavy atom. The number of fused-ring (bicyclic) bond motifs is 2. The average molecular weight is 649 g/mol. The number of amides is 2. The topological polar surface area (TPSA) is 112 Å². The third-order valence-electron chi connectivity index (χ3n) is 8.71. The van der Waals surface area contributed by atoms with Crippen LogP contribution in [0.1, 0.15) is 37.9 Å². The monoisotopic (exact) mass is 648 g/mol. The fraction of sp³-hybridized carbons (Fsp3) is 0.303. The molecular weight excluding hydrogens is 618 g/mol. The number of aryl methyl sites for hydroxylation is 1. The Kier molecular flexibility index (Phi) is 7.58. The lowest BCUT2D eigenvalue weighted by Crippen LogP contribution is -2.63. The fourth-order valence-corrected chi connectivity index (χ4v) is 6.99. The zero-order valence-corrected chi connectivity index (χ0v) is 26.6. The highest BCUT2D eigenvalue weighted by atomic mass is 35.5. The molecule has 0 spiro atoms. The van der Waals surface area contributed by atoms with Gasteiger partial charge in [0.1, 0.15) is 23.4 Å². The van der Waals surface area contributed by atoms with Crippen molar-refractivity contribution in [1.29, 1.82) is 0 Å². The Hall–Kier alpha value is -4.84. The zero-order chi connectivity index (χ0) is 33.4. The van der Waals surface area contributed by atoms with Crippen LogP contribution in [-0.2, 0) is 9.59 Å². The van der Waals surface area contributed by atoms with Crippen LogP contribution in [0, 0.1) is 18.6 Å². The van der Waals surface area contributed by atoms with Crippen LogP contribution < -0.4 is 15.5 Å². The van der Waals surface area contributed by atoms with E-state index in [9.17, 15) is 19.5 Å². The highest BCUT2D eigenvalue weighted by molar-refractivity contribution is 6.39. The molecule has 2 amide bonds. The molecule has 4 aromatic rings. The maximum atomic E-state index is 17.1. The Morgan fingerprint density at radius 3 is 2.52 bits per heavy atom. The third-order valence-corrected chi connectivity index (χ3v) is 9.07. The molecule has 0 saturated carbocycles. The van der Waals surface area contributed by atoms with Gasteiger partial charge in [0.15, 0.2) is 5.82 Å². The molecule has 0 bridgehead atoms. The van der Waals surface area contributed by atoms with E-state index >= 15 is 8.78 Å². The summed E-state index contributed by atoms with van der Waals surface area (Å²) in [7, 11) is 1.36. The number of benzene rings is 2. The SMILES string of the molecule is C=CC(=O)N1CC(C)N2c3nc(=O)n(-c4c(C)ccnc4C(C)C)c4c(Cl)c(-c5c(O)cccc5F)c(F)c(c34)N(C)C(=O)C2C1. The lowest BCUT2D eigenvalue weighted by Gasteiger charge is -2.45. The standard InChI is InChI=1S/C33H31ClF2N6O4/c1-7-21(44)40-13-17(5)41-19(14-40)32(45)39(6)30-24-29(25(34)23(26(30)36)22-18(35)9-8-10-20(22)43)42(33(46)38-31(24)41)28-16(4)11-12-37-27(28)15(2)3/h7-12,15,17,19,43H,1,13-14H2,2-6H3. The number of rotatable bonds is 4. The average Bonchev–Trinajstić information content (AvgIpc) is 3.09. The van der Waals surface area contributed by atoms with Crippen LogP contribution in [-0.4, -0.2) is 68.6 Å². The molecule has 2 aromatic carbocycles. The molecule has 46 heavy (non-hydrogen) atoms. The van der Waals surface area contributed by atoms with E-state index in [1.54, 1.807) is 31.0 Å². The summed E-state index contributed by atoms with van der Waals surface area (Å²) in [5.74, 6) is -3.84. The molecule has 2 atom stereocenters. The van der Waals surface area contributed by atoms with E-state index in [1.165, 1.54) is 28.6 Å². The molecule has 6 rings (SSSR count). The molecule has 2 aromatic heterocycles. The minimum absolute atomic E-state index is 0.00935. The molecule has 1 fully saturated rings. The number of hydrogen-bond acceptors (Lipinski definition) is 7. The molecule has 0 radical (unpaired) electrons.